The smallest absolute Gasteiger partial charge is 0.872 e. The molecule has 0 spiro atoms. The topological polar surface area (TPSA) is 111 Å². The van der Waals surface area contributed by atoms with E-state index < -0.39 is 0 Å². The van der Waals surface area contributed by atoms with Crippen LogP contribution in [0.4, 0.5) is 0 Å². The summed E-state index contributed by atoms with van der Waals surface area (Å²) in [7, 11) is 0. The molecule has 2 N–H and O–H groups in total. The van der Waals surface area contributed by atoms with Crippen LogP contribution in [0, 0.1) is 0 Å². The summed E-state index contributed by atoms with van der Waals surface area (Å²) in [5.74, 6) is -0.194. The van der Waals surface area contributed by atoms with Crippen LogP contribution in [0.1, 0.15) is 62.8 Å². The molecule has 0 fully saturated rings. The molecule has 0 bridgehead atoms. The van der Waals surface area contributed by atoms with Gasteiger partial charge in [-0.25, -0.2) is 0 Å². The fourth-order valence-electron chi connectivity index (χ4n) is 2.72. The van der Waals surface area contributed by atoms with E-state index in [4.69, 9.17) is 10.4 Å². The van der Waals surface area contributed by atoms with E-state index >= 15 is 0 Å². The number of aryl methyl sites for hydroxylation is 2. The van der Waals surface area contributed by atoms with Crippen LogP contribution < -0.4 is 10.2 Å². The number of oxime groups is 2. The Morgan fingerprint density at radius 1 is 0.759 bits per heavy atom. The number of rotatable bonds is 6. The summed E-state index contributed by atoms with van der Waals surface area (Å²) in [6.07, 6.45) is 3.94. The molecule has 0 heterocycles. The van der Waals surface area contributed by atoms with Gasteiger partial charge in [0.15, 0.2) is 0 Å². The molecule has 2 aromatic carbocycles. The van der Waals surface area contributed by atoms with E-state index in [0.29, 0.717) is 22.6 Å². The van der Waals surface area contributed by atoms with Gasteiger partial charge in [-0.3, -0.25) is 0 Å². The first kappa shape index (κ1) is 26.5. The van der Waals surface area contributed by atoms with Crippen LogP contribution in [0.15, 0.2) is 46.7 Å². The van der Waals surface area contributed by atoms with Gasteiger partial charge in [-0.1, -0.05) is 84.9 Å². The molecule has 0 aliphatic heterocycles. The monoisotopic (exact) mass is 442 g/mol. The number of hydrogen-bond donors (Lipinski definition) is 2. The van der Waals surface area contributed by atoms with Gasteiger partial charge >= 0.3 is 16.5 Å². The van der Waals surface area contributed by atoms with Gasteiger partial charge in [-0.15, -0.1) is 0 Å². The Labute approximate surface area is 182 Å². The van der Waals surface area contributed by atoms with E-state index in [9.17, 15) is 10.2 Å². The second-order valence-corrected chi connectivity index (χ2v) is 6.53. The molecular weight excluding hydrogens is 415 g/mol. The van der Waals surface area contributed by atoms with Crippen molar-refractivity contribution in [1.82, 2.24) is 0 Å². The summed E-state index contributed by atoms with van der Waals surface area (Å²) in [6, 6.07) is 10.3. The normalized spacial score (nSPS) is 11.3. The Balaban J connectivity index is 0.000000523. The zero-order valence-corrected chi connectivity index (χ0v) is 18.2. The van der Waals surface area contributed by atoms with E-state index in [1.54, 1.807) is 26.0 Å². The van der Waals surface area contributed by atoms with Gasteiger partial charge < -0.3 is 20.6 Å². The van der Waals surface area contributed by atoms with Crippen LogP contribution in [0.5, 0.6) is 11.5 Å². The van der Waals surface area contributed by atoms with Gasteiger partial charge in [-0.2, -0.15) is 0 Å². The third kappa shape index (κ3) is 8.16. The number of hydrogen-bond acceptors (Lipinski definition) is 6. The molecule has 0 aliphatic carbocycles. The maximum absolute atomic E-state index is 11.4. The summed E-state index contributed by atoms with van der Waals surface area (Å²) in [6.45, 7) is 7.40. The average molecular weight is 443 g/mol. The van der Waals surface area contributed by atoms with Crippen molar-refractivity contribution < 1.29 is 37.1 Å². The van der Waals surface area contributed by atoms with E-state index in [0.717, 1.165) is 36.8 Å². The van der Waals surface area contributed by atoms with E-state index in [1.165, 1.54) is 12.1 Å². The second-order valence-electron chi connectivity index (χ2n) is 6.53. The third-order valence-corrected chi connectivity index (χ3v) is 4.24. The first-order chi connectivity index (χ1) is 13.4. The minimum Gasteiger partial charge on any atom is -0.872 e. The summed E-state index contributed by atoms with van der Waals surface area (Å²) in [4.78, 5) is 0. The van der Waals surface area contributed by atoms with E-state index in [2.05, 4.69) is 24.2 Å². The van der Waals surface area contributed by atoms with Gasteiger partial charge in [0.05, 0.1) is 11.4 Å². The molecule has 0 amide bonds. The summed E-state index contributed by atoms with van der Waals surface area (Å²) in [5.41, 5.74) is 3.91. The fourth-order valence-corrected chi connectivity index (χ4v) is 2.72. The minimum atomic E-state index is -0.0971. The van der Waals surface area contributed by atoms with Crippen molar-refractivity contribution >= 4 is 11.4 Å². The van der Waals surface area contributed by atoms with Crippen LogP contribution in [0.2, 0.25) is 0 Å². The van der Waals surface area contributed by atoms with Crippen LogP contribution in [0.3, 0.4) is 0 Å². The standard InChI is InChI=1S/2C11H15NO2.Ni/c2*1-3-4-9-5-6-11(13)10(7-9)8(2)12-14;/h2*5-7,13-14H,3-4H2,1-2H3;/q;;+2/p-2/b2*12-8+;. The van der Waals surface area contributed by atoms with Crippen LogP contribution >= 0.6 is 0 Å². The second kappa shape index (κ2) is 13.6. The fraction of sp³-hybridized carbons (Fsp3) is 0.364. The zero-order chi connectivity index (χ0) is 21.1. The quantitative estimate of drug-likeness (QED) is 0.306. The van der Waals surface area contributed by atoms with Crippen molar-refractivity contribution in [3.05, 3.63) is 58.7 Å². The molecule has 0 saturated heterocycles. The van der Waals surface area contributed by atoms with Crippen molar-refractivity contribution in [3.63, 3.8) is 0 Å². The van der Waals surface area contributed by atoms with Crippen molar-refractivity contribution in [2.24, 2.45) is 10.3 Å². The van der Waals surface area contributed by atoms with Gasteiger partial charge in [0.1, 0.15) is 0 Å². The summed E-state index contributed by atoms with van der Waals surface area (Å²) >= 11 is 0. The van der Waals surface area contributed by atoms with Crippen molar-refractivity contribution in [3.8, 4) is 11.5 Å². The van der Waals surface area contributed by atoms with Crippen LogP contribution in [-0.2, 0) is 29.3 Å². The van der Waals surface area contributed by atoms with E-state index in [-0.39, 0.29) is 28.0 Å². The molecule has 0 atom stereocenters. The largest absolute Gasteiger partial charge is 2.00 e. The molecule has 0 radical (unpaired) electrons. The van der Waals surface area contributed by atoms with Gasteiger partial charge in [0.2, 0.25) is 0 Å². The summed E-state index contributed by atoms with van der Waals surface area (Å²) in [5, 5.41) is 46.0. The first-order valence-electron chi connectivity index (χ1n) is 9.35. The average Bonchev–Trinajstić information content (AvgIpc) is 2.70. The molecule has 6 nitrogen and oxygen atoms in total. The molecule has 2 aromatic rings. The maximum Gasteiger partial charge on any atom is 2.00 e. The Morgan fingerprint density at radius 3 is 1.38 bits per heavy atom. The SMILES string of the molecule is CCCc1ccc([O-])c(/C(C)=N/O)c1.CCCc1ccc([O-])c(/C(C)=N/O)c1.[Ni+2]. The maximum atomic E-state index is 11.4. The van der Waals surface area contributed by atoms with Gasteiger partial charge in [-0.05, 0) is 48.9 Å². The Hall–Kier alpha value is -2.53. The van der Waals surface area contributed by atoms with Crippen LogP contribution in [0.25, 0.3) is 0 Å². The molecule has 160 valence electrons. The first-order valence-corrected chi connectivity index (χ1v) is 9.35. The molecule has 0 aromatic heterocycles. The summed E-state index contributed by atoms with van der Waals surface area (Å²) < 4.78 is 0. The van der Waals surface area contributed by atoms with Gasteiger partial charge in [0.25, 0.3) is 0 Å². The predicted octanol–water partition coefficient (Wildman–Crippen LogP) is 3.82. The Morgan fingerprint density at radius 2 is 1.10 bits per heavy atom. The Kier molecular flexibility index (Phi) is 12.4. The molecule has 7 heteroatoms. The van der Waals surface area contributed by atoms with E-state index in [1.807, 2.05) is 12.1 Å². The zero-order valence-electron chi connectivity index (χ0n) is 17.2. The van der Waals surface area contributed by atoms with Gasteiger partial charge in [0, 0.05) is 0 Å². The molecule has 2 rings (SSSR count). The molecule has 0 saturated carbocycles. The minimum absolute atomic E-state index is 0. The molecule has 0 unspecified atom stereocenters. The molecule has 29 heavy (non-hydrogen) atoms. The Bertz CT molecular complexity index is 766. The van der Waals surface area contributed by atoms with Crippen molar-refractivity contribution in [2.45, 2.75) is 53.4 Å². The van der Waals surface area contributed by atoms with Crippen LogP contribution in [-0.4, -0.2) is 21.8 Å². The molecule has 0 aliphatic rings. The predicted molar refractivity (Wildman–Crippen MR) is 108 cm³/mol. The third-order valence-electron chi connectivity index (χ3n) is 4.24. The number of nitrogens with zero attached hydrogens (tertiary/aromatic N) is 2. The van der Waals surface area contributed by atoms with Crippen molar-refractivity contribution in [1.29, 1.82) is 0 Å². The molecular formula is C22H28N2NiO4. The van der Waals surface area contributed by atoms with Crippen molar-refractivity contribution in [2.75, 3.05) is 0 Å². The number of benzene rings is 2.